The van der Waals surface area contributed by atoms with E-state index in [4.69, 9.17) is 44.1 Å². The second kappa shape index (κ2) is 42.2. The maximum Gasteiger partial charge on any atom is 0.318 e. The monoisotopic (exact) mass is 1740 g/mol. The van der Waals surface area contributed by atoms with Gasteiger partial charge in [-0.3, -0.25) is 24.2 Å². The number of aromatic nitrogens is 6. The number of nitriles is 3. The van der Waals surface area contributed by atoms with Crippen molar-refractivity contribution in [2.75, 3.05) is 195 Å². The molecule has 28 nitrogen and oxygen atoms in total. The molecule has 18 rings (SSSR count). The average Bonchev–Trinajstić information content (AvgIpc) is 0.934. The van der Waals surface area contributed by atoms with Crippen molar-refractivity contribution in [2.24, 2.45) is 5.92 Å². The Hall–Kier alpha value is -12.5. The minimum atomic E-state index is -0.225. The summed E-state index contributed by atoms with van der Waals surface area (Å²) < 4.78 is 19.0. The lowest BCUT2D eigenvalue weighted by Crippen LogP contribution is -2.55. The molecule has 0 saturated carbocycles. The highest BCUT2D eigenvalue weighted by Crippen LogP contribution is 2.41. The molecule has 0 bridgehead atoms. The van der Waals surface area contributed by atoms with Gasteiger partial charge in [-0.1, -0.05) is 142 Å². The van der Waals surface area contributed by atoms with Gasteiger partial charge in [0.25, 0.3) is 0 Å². The third-order valence-electron chi connectivity index (χ3n) is 27.2. The number of hydrogen-bond acceptors (Lipinski definition) is 25. The molecule has 28 heteroatoms. The summed E-state index contributed by atoms with van der Waals surface area (Å²) >= 11 is 0. The molecule has 9 aliphatic heterocycles. The van der Waals surface area contributed by atoms with Gasteiger partial charge in [0.05, 0.1) is 98.9 Å². The molecule has 6 fully saturated rings. The van der Waals surface area contributed by atoms with E-state index in [1.165, 1.54) is 74.4 Å². The number of likely N-dealkylation sites (N-methyl/N-ethyl adjacent to an activating group) is 3. The van der Waals surface area contributed by atoms with Crippen LogP contribution >= 0.6 is 0 Å². The fourth-order valence-electron chi connectivity index (χ4n) is 20.5. The Bertz CT molecular complexity index is 5660. The Kier molecular flexibility index (Phi) is 29.4. The van der Waals surface area contributed by atoms with Gasteiger partial charge >= 0.3 is 18.0 Å². The summed E-state index contributed by atoms with van der Waals surface area (Å²) in [6.07, 6.45) is 15.1. The molecular formula is C101H122N22O6. The van der Waals surface area contributed by atoms with E-state index in [-0.39, 0.29) is 55.1 Å². The summed E-state index contributed by atoms with van der Waals surface area (Å²) in [5.41, 5.74) is 9.97. The topological polar surface area (TPSA) is 270 Å². The van der Waals surface area contributed by atoms with Crippen molar-refractivity contribution in [3.05, 3.63) is 199 Å². The summed E-state index contributed by atoms with van der Waals surface area (Å²) in [4.78, 5) is 96.8. The Balaban J connectivity index is 0.000000142. The number of carbonyl (C=O) groups excluding carboxylic acids is 3. The molecule has 0 spiro atoms. The van der Waals surface area contributed by atoms with Crippen molar-refractivity contribution in [2.45, 2.75) is 134 Å². The first-order valence-electron chi connectivity index (χ1n) is 46.3. The maximum atomic E-state index is 13.2. The number of ether oxygens (including phenoxy) is 3. The Morgan fingerprint density at radius 2 is 0.791 bits per heavy atom. The lowest BCUT2D eigenvalue weighted by molar-refractivity contribution is -0.129. The largest absolute Gasteiger partial charge is 0.463 e. The van der Waals surface area contributed by atoms with Gasteiger partial charge in [-0.25, -0.2) is 0 Å². The van der Waals surface area contributed by atoms with Crippen LogP contribution in [0.2, 0.25) is 0 Å². The number of hydrogen-bond donors (Lipinski definition) is 0. The molecule has 6 aromatic carbocycles. The van der Waals surface area contributed by atoms with Crippen LogP contribution in [0.4, 0.5) is 34.5 Å². The van der Waals surface area contributed by atoms with Crippen LogP contribution in [-0.2, 0) is 53.3 Å². The molecule has 12 heterocycles. The standard InChI is InChI=1S/C36H46N8O2.C33H39N7O2.C32H37N7O2/c1-4-41-20-8-12-29(41)26-46-36-38-32-25-42(33-14-7-11-27-10-5-6-13-30(27)33)21-17-31(32)35(39-36)43-22-23-44(28(24-43)16-18-37)34(45)15-9-19-40(2)3;1-3-31(41)40-20-19-39(21-25(40)14-16-34)32-28-15-18-38(30-13-7-10-24-9-5-6-12-27(24)30)22-29(28)35-33(36-32)42-23-26-11-8-17-37(26)4-2;1-3-30(40)39-18-17-38(20-25(39)11-14-33)31-27-13-16-37(29-10-6-8-24-7-4-5-9-26(24)29)21-28(27)34-32(35-31)41-22-23-12-15-36(2)19-23/h5-7,9-11,13-15,28-29H,4,8,12,16-17,19-26H2,1-3H3;3,5-7,9-10,12-13,25-26H,1,4,8,11,14-15,17-23H2,2H3;3-10,23,25H,1,11-13,15-22H2,2H3/b15-9+;;/t28-,29-;25-,26-;23-,25?/m000/s1. The molecular weight excluding hydrogens is 1620 g/mol. The molecule has 9 aromatic rings. The summed E-state index contributed by atoms with van der Waals surface area (Å²) in [6.45, 7) is 30.1. The molecule has 672 valence electrons. The zero-order valence-corrected chi connectivity index (χ0v) is 75.6. The molecule has 6 saturated heterocycles. The van der Waals surface area contributed by atoms with E-state index in [0.29, 0.717) is 141 Å². The van der Waals surface area contributed by atoms with Gasteiger partial charge < -0.3 is 68.1 Å². The highest BCUT2D eigenvalue weighted by Gasteiger charge is 2.39. The van der Waals surface area contributed by atoms with Gasteiger partial charge in [0.2, 0.25) is 17.7 Å². The molecule has 1 unspecified atom stereocenters. The Morgan fingerprint density at radius 3 is 1.14 bits per heavy atom. The lowest BCUT2D eigenvalue weighted by atomic mass is 10.0. The molecule has 0 aliphatic carbocycles. The lowest BCUT2D eigenvalue weighted by Gasteiger charge is -2.42. The fraction of sp³-hybridized carbons (Fsp3) is 0.465. The number of anilines is 6. The van der Waals surface area contributed by atoms with E-state index in [1.807, 2.05) is 30.0 Å². The first kappa shape index (κ1) is 89.9. The van der Waals surface area contributed by atoms with Crippen molar-refractivity contribution >= 4 is 84.6 Å². The predicted molar refractivity (Wildman–Crippen MR) is 507 cm³/mol. The van der Waals surface area contributed by atoms with E-state index in [2.05, 4.69) is 224 Å². The average molecular weight is 1740 g/mol. The first-order chi connectivity index (χ1) is 63.1. The van der Waals surface area contributed by atoms with Gasteiger partial charge in [0.15, 0.2) is 0 Å². The molecule has 3 amide bonds. The smallest absolute Gasteiger partial charge is 0.318 e. The number of nitrogens with zero attached hydrogens (tertiary/aromatic N) is 22. The third-order valence-corrected chi connectivity index (χ3v) is 27.2. The van der Waals surface area contributed by atoms with Crippen LogP contribution in [0.5, 0.6) is 18.0 Å². The number of carbonyl (C=O) groups is 3. The summed E-state index contributed by atoms with van der Waals surface area (Å²) in [6, 6.07) is 53.1. The zero-order valence-electron chi connectivity index (χ0n) is 75.6. The van der Waals surface area contributed by atoms with E-state index < -0.39 is 0 Å². The normalized spacial score (nSPS) is 20.8. The van der Waals surface area contributed by atoms with Crippen molar-refractivity contribution in [1.29, 1.82) is 15.8 Å². The van der Waals surface area contributed by atoms with Crippen molar-refractivity contribution in [3.8, 4) is 36.2 Å². The van der Waals surface area contributed by atoms with Crippen LogP contribution in [-0.4, -0.2) is 277 Å². The van der Waals surface area contributed by atoms with E-state index >= 15 is 0 Å². The molecule has 0 radical (unpaired) electrons. The number of benzene rings is 6. The number of fused-ring (bicyclic) bond motifs is 6. The van der Waals surface area contributed by atoms with Gasteiger partial charge in [0.1, 0.15) is 30.7 Å². The SMILES string of the molecule is C=CC(=O)N1CCN(c2nc(OC[C@@H]3CCCN3CC)nc3c2CCN(c2cccc4ccccc24)C3)C[C@@H]1CC#N.C=CC(=O)N1CCN(c2nc(OC[C@H]3CCN(C)C3)nc3c2CCN(c2cccc4ccccc24)C3)CC1CC#N.CCN1CCC[C@H]1COc1nc2c(c(N3CCN(C(=O)/C=C/CN(C)C)[C@@H](CC#N)C3)n1)CCN(c1cccc3ccccc13)C2. The van der Waals surface area contributed by atoms with Crippen molar-refractivity contribution in [1.82, 2.24) is 64.2 Å². The second-order valence-electron chi connectivity index (χ2n) is 35.5. The van der Waals surface area contributed by atoms with Gasteiger partial charge in [-0.05, 0) is 152 Å². The number of piperazine rings is 3. The summed E-state index contributed by atoms with van der Waals surface area (Å²) in [5, 5.41) is 36.1. The quantitative estimate of drug-likeness (QED) is 0.0481. The van der Waals surface area contributed by atoms with Crippen molar-refractivity contribution < 1.29 is 28.6 Å². The Morgan fingerprint density at radius 1 is 0.426 bits per heavy atom. The second-order valence-corrected chi connectivity index (χ2v) is 35.5. The fourth-order valence-corrected chi connectivity index (χ4v) is 20.5. The zero-order chi connectivity index (χ0) is 89.4. The maximum absolute atomic E-state index is 13.2. The number of rotatable bonds is 25. The van der Waals surface area contributed by atoms with Crippen LogP contribution < -0.4 is 43.6 Å². The van der Waals surface area contributed by atoms with Crippen LogP contribution in [0, 0.1) is 39.9 Å². The third kappa shape index (κ3) is 20.8. The van der Waals surface area contributed by atoms with E-state index in [9.17, 15) is 30.2 Å². The van der Waals surface area contributed by atoms with Gasteiger partial charge in [-0.15, -0.1) is 0 Å². The molecule has 129 heavy (non-hydrogen) atoms. The van der Waals surface area contributed by atoms with Crippen LogP contribution in [0.25, 0.3) is 32.3 Å². The van der Waals surface area contributed by atoms with E-state index in [0.717, 1.165) is 149 Å². The summed E-state index contributed by atoms with van der Waals surface area (Å²) in [5.74, 6) is 2.79. The molecule has 3 aromatic heterocycles. The molecule has 9 aliphatic rings. The summed E-state index contributed by atoms with van der Waals surface area (Å²) in [7, 11) is 6.09. The molecule has 6 atom stereocenters. The van der Waals surface area contributed by atoms with Crippen molar-refractivity contribution in [3.63, 3.8) is 0 Å². The highest BCUT2D eigenvalue weighted by atomic mass is 16.5. The Labute approximate surface area is 758 Å². The first-order valence-corrected chi connectivity index (χ1v) is 46.3. The molecule has 0 N–H and O–H groups in total. The number of amides is 3. The van der Waals surface area contributed by atoms with Crippen LogP contribution in [0.3, 0.4) is 0 Å². The highest BCUT2D eigenvalue weighted by molar-refractivity contribution is 5.97. The predicted octanol–water partition coefficient (Wildman–Crippen LogP) is 11.9. The van der Waals surface area contributed by atoms with Gasteiger partial charge in [-0.2, -0.15) is 45.7 Å². The number of likely N-dealkylation sites (tertiary alicyclic amines) is 3. The minimum Gasteiger partial charge on any atom is -0.463 e. The van der Waals surface area contributed by atoms with E-state index in [1.54, 1.807) is 15.9 Å². The van der Waals surface area contributed by atoms with Crippen LogP contribution in [0.15, 0.2) is 165 Å². The van der Waals surface area contributed by atoms with Crippen LogP contribution in [0.1, 0.15) is 99.0 Å². The van der Waals surface area contributed by atoms with Gasteiger partial charge in [0, 0.05) is 166 Å². The minimum absolute atomic E-state index is 0.0433.